The summed E-state index contributed by atoms with van der Waals surface area (Å²) in [5, 5.41) is 9.13. The van der Waals surface area contributed by atoms with Crippen molar-refractivity contribution in [3.05, 3.63) is 39.8 Å². The molecule has 3 rings (SSSR count). The van der Waals surface area contributed by atoms with Crippen molar-refractivity contribution < 1.29 is 9.21 Å². The van der Waals surface area contributed by atoms with Gasteiger partial charge in [0, 0.05) is 21.9 Å². The third kappa shape index (κ3) is 3.25. The molecule has 0 atom stereocenters. The molecule has 0 spiro atoms. The van der Waals surface area contributed by atoms with E-state index in [1.54, 1.807) is 17.6 Å². The second-order valence-corrected chi connectivity index (χ2v) is 7.47. The van der Waals surface area contributed by atoms with Crippen LogP contribution < -0.4 is 0 Å². The summed E-state index contributed by atoms with van der Waals surface area (Å²) in [6.45, 7) is 6.74. The lowest BCUT2D eigenvalue weighted by Crippen LogP contribution is -2.05. The molecule has 0 aliphatic rings. The Balaban J connectivity index is 1.76. The Kier molecular flexibility index (Phi) is 4.68. The summed E-state index contributed by atoms with van der Waals surface area (Å²) in [7, 11) is 0. The minimum Gasteiger partial charge on any atom is -0.461 e. The number of thioether (sulfide) groups is 1. The fourth-order valence-electron chi connectivity index (χ4n) is 2.38. The first kappa shape index (κ1) is 16.0. The molecule has 120 valence electrons. The smallest absolute Gasteiger partial charge is 0.200 e. The molecule has 0 fully saturated rings. The molecule has 7 heteroatoms. The van der Waals surface area contributed by atoms with Crippen molar-refractivity contribution in [3.8, 4) is 11.6 Å². The standard InChI is InChI=1S/C16H17N3O2S2/c1-4-19-15(14-6-5-7-21-14)17-18-16(19)22-9-13(20)12-8-10(2)23-11(12)3/h5-8H,4,9H2,1-3H3. The zero-order chi connectivity index (χ0) is 16.4. The normalized spacial score (nSPS) is 11.1. The van der Waals surface area contributed by atoms with Crippen LogP contribution >= 0.6 is 23.1 Å². The van der Waals surface area contributed by atoms with Gasteiger partial charge in [0.1, 0.15) is 0 Å². The molecule has 3 heterocycles. The van der Waals surface area contributed by atoms with Gasteiger partial charge in [-0.1, -0.05) is 11.8 Å². The van der Waals surface area contributed by atoms with Gasteiger partial charge in [-0.15, -0.1) is 21.5 Å². The maximum Gasteiger partial charge on any atom is 0.200 e. The average Bonchev–Trinajstić information content (AvgIpc) is 3.23. The molecule has 0 N–H and O–H groups in total. The highest BCUT2D eigenvalue weighted by Gasteiger charge is 2.18. The van der Waals surface area contributed by atoms with Crippen molar-refractivity contribution in [1.82, 2.24) is 14.8 Å². The summed E-state index contributed by atoms with van der Waals surface area (Å²) in [5.41, 5.74) is 0.814. The molecule has 0 saturated carbocycles. The summed E-state index contributed by atoms with van der Waals surface area (Å²) < 4.78 is 7.35. The highest BCUT2D eigenvalue weighted by molar-refractivity contribution is 7.99. The molecule has 3 aromatic heterocycles. The monoisotopic (exact) mass is 347 g/mol. The first-order valence-corrected chi connectivity index (χ1v) is 9.10. The van der Waals surface area contributed by atoms with Crippen molar-refractivity contribution >= 4 is 28.9 Å². The first-order valence-electron chi connectivity index (χ1n) is 7.30. The van der Waals surface area contributed by atoms with Gasteiger partial charge in [-0.3, -0.25) is 9.36 Å². The molecule has 0 unspecified atom stereocenters. The van der Waals surface area contributed by atoms with Gasteiger partial charge in [0.15, 0.2) is 22.5 Å². The Morgan fingerprint density at radius 1 is 1.39 bits per heavy atom. The molecular weight excluding hydrogens is 330 g/mol. The Morgan fingerprint density at radius 3 is 2.83 bits per heavy atom. The number of furan rings is 1. The van der Waals surface area contributed by atoms with Crippen LogP contribution in [0.2, 0.25) is 0 Å². The fourth-order valence-corrected chi connectivity index (χ4v) is 4.21. The third-order valence-electron chi connectivity index (χ3n) is 3.45. The number of hydrogen-bond donors (Lipinski definition) is 0. The second-order valence-electron chi connectivity index (χ2n) is 5.07. The van der Waals surface area contributed by atoms with E-state index in [0.29, 0.717) is 17.3 Å². The van der Waals surface area contributed by atoms with Crippen LogP contribution in [0.3, 0.4) is 0 Å². The number of aromatic nitrogens is 3. The largest absolute Gasteiger partial charge is 0.461 e. The fraction of sp³-hybridized carbons (Fsp3) is 0.312. The molecular formula is C16H17N3O2S2. The summed E-state index contributed by atoms with van der Waals surface area (Å²) in [4.78, 5) is 14.6. The summed E-state index contributed by atoms with van der Waals surface area (Å²) in [6.07, 6.45) is 1.61. The number of Topliss-reactive ketones (excluding diaryl/α,β-unsaturated/α-hetero) is 1. The topological polar surface area (TPSA) is 60.9 Å². The molecule has 3 aromatic rings. The highest BCUT2D eigenvalue weighted by atomic mass is 32.2. The maximum atomic E-state index is 12.4. The summed E-state index contributed by atoms with van der Waals surface area (Å²) in [6, 6.07) is 5.64. The van der Waals surface area contributed by atoms with Crippen LogP contribution in [0.4, 0.5) is 0 Å². The van der Waals surface area contributed by atoms with Gasteiger partial charge < -0.3 is 4.42 Å². The number of thiophene rings is 1. The van der Waals surface area contributed by atoms with Crippen LogP contribution in [0.5, 0.6) is 0 Å². The van der Waals surface area contributed by atoms with E-state index in [1.165, 1.54) is 11.8 Å². The lowest BCUT2D eigenvalue weighted by molar-refractivity contribution is 0.102. The van der Waals surface area contributed by atoms with Crippen LogP contribution in [0.1, 0.15) is 27.0 Å². The number of rotatable bonds is 6. The third-order valence-corrected chi connectivity index (χ3v) is 5.38. The molecule has 0 aromatic carbocycles. The number of nitrogens with zero attached hydrogens (tertiary/aromatic N) is 3. The molecule has 0 radical (unpaired) electrons. The molecule has 0 aliphatic carbocycles. The van der Waals surface area contributed by atoms with Crippen LogP contribution in [-0.2, 0) is 6.54 Å². The number of carbonyl (C=O) groups excluding carboxylic acids is 1. The average molecular weight is 347 g/mol. The Morgan fingerprint density at radius 2 is 2.22 bits per heavy atom. The van der Waals surface area contributed by atoms with Crippen LogP contribution in [-0.4, -0.2) is 26.3 Å². The minimum absolute atomic E-state index is 0.127. The van der Waals surface area contributed by atoms with E-state index >= 15 is 0 Å². The predicted octanol–water partition coefficient (Wildman–Crippen LogP) is 4.21. The van der Waals surface area contributed by atoms with Crippen molar-refractivity contribution in [2.24, 2.45) is 0 Å². The Hall–Kier alpha value is -1.86. The summed E-state index contributed by atoms with van der Waals surface area (Å²) in [5.74, 6) is 1.85. The van der Waals surface area contributed by atoms with Crippen molar-refractivity contribution in [2.45, 2.75) is 32.5 Å². The van der Waals surface area contributed by atoms with Crippen LogP contribution in [0, 0.1) is 13.8 Å². The molecule has 0 aliphatic heterocycles. The minimum atomic E-state index is 0.127. The van der Waals surface area contributed by atoms with E-state index in [4.69, 9.17) is 4.42 Å². The van der Waals surface area contributed by atoms with Crippen molar-refractivity contribution in [3.63, 3.8) is 0 Å². The van der Waals surface area contributed by atoms with E-state index in [-0.39, 0.29) is 5.78 Å². The SMILES string of the molecule is CCn1c(SCC(=O)c2cc(C)sc2C)nnc1-c1ccco1. The van der Waals surface area contributed by atoms with Crippen LogP contribution in [0.15, 0.2) is 34.0 Å². The molecule has 23 heavy (non-hydrogen) atoms. The zero-order valence-electron chi connectivity index (χ0n) is 13.2. The summed E-state index contributed by atoms with van der Waals surface area (Å²) >= 11 is 3.07. The molecule has 0 bridgehead atoms. The van der Waals surface area contributed by atoms with Gasteiger partial charge in [0.05, 0.1) is 12.0 Å². The lowest BCUT2D eigenvalue weighted by Gasteiger charge is -2.05. The first-order chi connectivity index (χ1) is 11.1. The Bertz CT molecular complexity index is 819. The van der Waals surface area contributed by atoms with E-state index in [1.807, 2.05) is 43.5 Å². The second kappa shape index (κ2) is 6.72. The van der Waals surface area contributed by atoms with Gasteiger partial charge in [-0.25, -0.2) is 0 Å². The quantitative estimate of drug-likeness (QED) is 0.494. The molecule has 5 nitrogen and oxygen atoms in total. The van der Waals surface area contributed by atoms with E-state index in [2.05, 4.69) is 10.2 Å². The van der Waals surface area contributed by atoms with E-state index < -0.39 is 0 Å². The number of aryl methyl sites for hydroxylation is 2. The van der Waals surface area contributed by atoms with E-state index in [9.17, 15) is 4.79 Å². The molecule has 0 amide bonds. The predicted molar refractivity (Wildman–Crippen MR) is 92.2 cm³/mol. The van der Waals surface area contributed by atoms with Gasteiger partial charge in [-0.2, -0.15) is 0 Å². The lowest BCUT2D eigenvalue weighted by atomic mass is 10.2. The van der Waals surface area contributed by atoms with Gasteiger partial charge in [0.2, 0.25) is 0 Å². The Labute approximate surface area is 142 Å². The van der Waals surface area contributed by atoms with Gasteiger partial charge in [-0.05, 0) is 39.0 Å². The van der Waals surface area contributed by atoms with Crippen LogP contribution in [0.25, 0.3) is 11.6 Å². The maximum absolute atomic E-state index is 12.4. The number of ketones is 1. The van der Waals surface area contributed by atoms with Crippen molar-refractivity contribution in [1.29, 1.82) is 0 Å². The zero-order valence-corrected chi connectivity index (χ0v) is 14.8. The van der Waals surface area contributed by atoms with Crippen molar-refractivity contribution in [2.75, 3.05) is 5.75 Å². The number of hydrogen-bond acceptors (Lipinski definition) is 6. The van der Waals surface area contributed by atoms with Gasteiger partial charge in [0.25, 0.3) is 0 Å². The molecule has 0 saturated heterocycles. The van der Waals surface area contributed by atoms with E-state index in [0.717, 1.165) is 27.0 Å². The number of carbonyl (C=O) groups is 1. The highest BCUT2D eigenvalue weighted by Crippen LogP contribution is 2.26. The van der Waals surface area contributed by atoms with Gasteiger partial charge >= 0.3 is 0 Å².